The van der Waals surface area contributed by atoms with Crippen molar-refractivity contribution in [2.45, 2.75) is 18.7 Å². The van der Waals surface area contributed by atoms with Crippen LogP contribution in [0.25, 0.3) is 10.9 Å². The van der Waals surface area contributed by atoms with Crippen LogP contribution < -0.4 is 16.0 Å². The van der Waals surface area contributed by atoms with Crippen molar-refractivity contribution in [3.63, 3.8) is 0 Å². The Labute approximate surface area is 150 Å². The second kappa shape index (κ2) is 6.14. The summed E-state index contributed by atoms with van der Waals surface area (Å²) in [5.41, 5.74) is 1.66. The first-order chi connectivity index (χ1) is 12.1. The number of fused-ring (bicyclic) bond motifs is 1. The number of sulfonamides is 1. The van der Waals surface area contributed by atoms with Gasteiger partial charge < -0.3 is 0 Å². The highest BCUT2D eigenvalue weighted by Gasteiger charge is 2.18. The van der Waals surface area contributed by atoms with Gasteiger partial charge in [-0.25, -0.2) is 13.2 Å². The van der Waals surface area contributed by atoms with Crippen molar-refractivity contribution in [3.05, 3.63) is 68.4 Å². The largest absolute Gasteiger partial charge is 0.330 e. The summed E-state index contributed by atoms with van der Waals surface area (Å²) < 4.78 is 30.4. The Bertz CT molecular complexity index is 1250. The van der Waals surface area contributed by atoms with Gasteiger partial charge in [0.05, 0.1) is 21.5 Å². The predicted octanol–water partition coefficient (Wildman–Crippen LogP) is 1.65. The summed E-state index contributed by atoms with van der Waals surface area (Å²) in [6.07, 6.45) is 0. The standard InChI is InChI=1S/C18H19N3O4S/c1-11-6-5-7-15(12(11)2)19-26(24,25)13-8-9-16-14(10-13)17(22)21(4)18(23)20(16)3/h5-10,19H,1-4H3. The lowest BCUT2D eigenvalue weighted by Crippen LogP contribution is -2.37. The van der Waals surface area contributed by atoms with Crippen LogP contribution in [0.1, 0.15) is 11.1 Å². The van der Waals surface area contributed by atoms with Gasteiger partial charge in [0.25, 0.3) is 15.6 Å². The van der Waals surface area contributed by atoms with Crippen LogP contribution in [0, 0.1) is 13.8 Å². The number of hydrogen-bond acceptors (Lipinski definition) is 4. The van der Waals surface area contributed by atoms with Gasteiger partial charge >= 0.3 is 5.69 Å². The van der Waals surface area contributed by atoms with E-state index >= 15 is 0 Å². The van der Waals surface area contributed by atoms with E-state index in [-0.39, 0.29) is 10.3 Å². The molecule has 3 rings (SSSR count). The predicted molar refractivity (Wildman–Crippen MR) is 101 cm³/mol. The highest BCUT2D eigenvalue weighted by atomic mass is 32.2. The molecule has 0 bridgehead atoms. The minimum absolute atomic E-state index is 0.0401. The van der Waals surface area contributed by atoms with E-state index in [0.717, 1.165) is 15.7 Å². The average molecular weight is 373 g/mol. The zero-order chi connectivity index (χ0) is 19.2. The molecule has 0 aliphatic carbocycles. The zero-order valence-corrected chi connectivity index (χ0v) is 15.7. The Morgan fingerprint density at radius 3 is 2.35 bits per heavy atom. The van der Waals surface area contributed by atoms with Gasteiger partial charge in [-0.15, -0.1) is 0 Å². The van der Waals surface area contributed by atoms with Crippen LogP contribution in [-0.2, 0) is 24.1 Å². The molecule has 8 heteroatoms. The molecule has 0 fully saturated rings. The number of aryl methyl sites for hydroxylation is 2. The van der Waals surface area contributed by atoms with Crippen molar-refractivity contribution < 1.29 is 8.42 Å². The normalized spacial score (nSPS) is 11.7. The van der Waals surface area contributed by atoms with Crippen molar-refractivity contribution in [3.8, 4) is 0 Å². The number of benzene rings is 2. The van der Waals surface area contributed by atoms with E-state index in [1.165, 1.54) is 36.9 Å². The summed E-state index contributed by atoms with van der Waals surface area (Å²) >= 11 is 0. The summed E-state index contributed by atoms with van der Waals surface area (Å²) in [4.78, 5) is 24.3. The molecule has 0 radical (unpaired) electrons. The maximum absolute atomic E-state index is 12.8. The number of rotatable bonds is 3. The molecule has 0 aliphatic heterocycles. The van der Waals surface area contributed by atoms with Crippen molar-refractivity contribution >= 4 is 26.6 Å². The van der Waals surface area contributed by atoms with Crippen molar-refractivity contribution in [1.82, 2.24) is 9.13 Å². The molecule has 1 heterocycles. The highest BCUT2D eigenvalue weighted by molar-refractivity contribution is 7.92. The molecule has 0 amide bonds. The first kappa shape index (κ1) is 17.9. The molecular formula is C18H19N3O4S. The van der Waals surface area contributed by atoms with Crippen molar-refractivity contribution in [1.29, 1.82) is 0 Å². The van der Waals surface area contributed by atoms with E-state index in [1.54, 1.807) is 12.1 Å². The third-order valence-corrected chi connectivity index (χ3v) is 5.96. The van der Waals surface area contributed by atoms with Gasteiger partial charge in [0.15, 0.2) is 0 Å². The summed E-state index contributed by atoms with van der Waals surface area (Å²) in [7, 11) is -0.987. The molecule has 1 N–H and O–H groups in total. The van der Waals surface area contributed by atoms with E-state index in [4.69, 9.17) is 0 Å². The van der Waals surface area contributed by atoms with Crippen LogP contribution in [0.2, 0.25) is 0 Å². The molecule has 136 valence electrons. The minimum atomic E-state index is -3.88. The first-order valence-electron chi connectivity index (χ1n) is 7.92. The van der Waals surface area contributed by atoms with Crippen LogP contribution >= 0.6 is 0 Å². The van der Waals surface area contributed by atoms with E-state index in [0.29, 0.717) is 11.2 Å². The fraction of sp³-hybridized carbons (Fsp3) is 0.222. The van der Waals surface area contributed by atoms with Crippen molar-refractivity contribution in [2.75, 3.05) is 4.72 Å². The van der Waals surface area contributed by atoms with Crippen LogP contribution in [0.15, 0.2) is 50.9 Å². The Morgan fingerprint density at radius 2 is 1.65 bits per heavy atom. The summed E-state index contributed by atoms with van der Waals surface area (Å²) in [6, 6.07) is 9.50. The fourth-order valence-electron chi connectivity index (χ4n) is 2.81. The van der Waals surface area contributed by atoms with Gasteiger partial charge in [-0.2, -0.15) is 0 Å². The van der Waals surface area contributed by atoms with E-state index in [2.05, 4.69) is 4.72 Å². The molecule has 3 aromatic rings. The number of nitrogens with zero attached hydrogens (tertiary/aromatic N) is 2. The molecule has 0 saturated heterocycles. The number of nitrogens with one attached hydrogen (secondary N) is 1. The van der Waals surface area contributed by atoms with Crippen LogP contribution in [-0.4, -0.2) is 17.6 Å². The average Bonchev–Trinajstić information content (AvgIpc) is 2.61. The number of anilines is 1. The topological polar surface area (TPSA) is 90.2 Å². The molecule has 0 saturated carbocycles. The van der Waals surface area contributed by atoms with Gasteiger partial charge in [0.1, 0.15) is 0 Å². The lowest BCUT2D eigenvalue weighted by atomic mass is 10.1. The van der Waals surface area contributed by atoms with Crippen LogP contribution in [0.4, 0.5) is 5.69 Å². The Balaban J connectivity index is 2.17. The molecule has 0 atom stereocenters. The van der Waals surface area contributed by atoms with Gasteiger partial charge in [-0.05, 0) is 49.2 Å². The van der Waals surface area contributed by atoms with E-state index < -0.39 is 21.3 Å². The third kappa shape index (κ3) is 2.82. The lowest BCUT2D eigenvalue weighted by Gasteiger charge is -2.13. The maximum atomic E-state index is 12.8. The number of aromatic nitrogens is 2. The minimum Gasteiger partial charge on any atom is -0.296 e. The Morgan fingerprint density at radius 1 is 0.962 bits per heavy atom. The van der Waals surface area contributed by atoms with Crippen LogP contribution in [0.3, 0.4) is 0 Å². The molecule has 0 aliphatic rings. The smallest absolute Gasteiger partial charge is 0.296 e. The summed E-state index contributed by atoms with van der Waals surface area (Å²) in [5.74, 6) is 0. The lowest BCUT2D eigenvalue weighted by molar-refractivity contribution is 0.601. The fourth-order valence-corrected chi connectivity index (χ4v) is 3.96. The van der Waals surface area contributed by atoms with Gasteiger partial charge in [-0.3, -0.25) is 18.7 Å². The Hall–Kier alpha value is -2.87. The number of hydrogen-bond donors (Lipinski definition) is 1. The van der Waals surface area contributed by atoms with Gasteiger partial charge in [0, 0.05) is 14.1 Å². The van der Waals surface area contributed by atoms with Gasteiger partial charge in [0.2, 0.25) is 0 Å². The molecule has 1 aromatic heterocycles. The quantitative estimate of drug-likeness (QED) is 0.756. The second-order valence-corrected chi connectivity index (χ2v) is 7.92. The third-order valence-electron chi connectivity index (χ3n) is 4.60. The summed E-state index contributed by atoms with van der Waals surface area (Å²) in [5, 5.41) is 0.165. The summed E-state index contributed by atoms with van der Waals surface area (Å²) in [6.45, 7) is 3.73. The second-order valence-electron chi connectivity index (χ2n) is 6.24. The van der Waals surface area contributed by atoms with Crippen molar-refractivity contribution in [2.24, 2.45) is 14.1 Å². The molecule has 26 heavy (non-hydrogen) atoms. The Kier molecular flexibility index (Phi) is 4.23. The highest BCUT2D eigenvalue weighted by Crippen LogP contribution is 2.23. The zero-order valence-electron chi connectivity index (χ0n) is 14.9. The van der Waals surface area contributed by atoms with Crippen LogP contribution in [0.5, 0.6) is 0 Å². The maximum Gasteiger partial charge on any atom is 0.330 e. The van der Waals surface area contributed by atoms with E-state index in [9.17, 15) is 18.0 Å². The molecule has 0 unspecified atom stereocenters. The SMILES string of the molecule is Cc1cccc(NS(=O)(=O)c2ccc3c(c2)c(=O)n(C)c(=O)n3C)c1C. The monoisotopic (exact) mass is 373 g/mol. The molecule has 7 nitrogen and oxygen atoms in total. The molecule has 0 spiro atoms. The van der Waals surface area contributed by atoms with E-state index in [1.807, 2.05) is 19.9 Å². The van der Waals surface area contributed by atoms with Gasteiger partial charge in [-0.1, -0.05) is 12.1 Å². The molecular weight excluding hydrogens is 354 g/mol. The molecule has 2 aromatic carbocycles. The first-order valence-corrected chi connectivity index (χ1v) is 9.40.